The molecule has 0 aliphatic rings. The van der Waals surface area contributed by atoms with Crippen molar-refractivity contribution in [2.45, 2.75) is 0 Å². The molecular weight excluding hydrogens is 196 g/mol. The molecular formula is C11H7ClN2. The van der Waals surface area contributed by atoms with Gasteiger partial charge in [0.15, 0.2) is 0 Å². The van der Waals surface area contributed by atoms with Gasteiger partial charge in [-0.2, -0.15) is 5.26 Å². The summed E-state index contributed by atoms with van der Waals surface area (Å²) in [5.74, 6) is 0. The molecule has 14 heavy (non-hydrogen) atoms. The summed E-state index contributed by atoms with van der Waals surface area (Å²) in [5, 5.41) is 9.52. The Hall–Kier alpha value is -1.72. The minimum absolute atomic E-state index is 0.618. The number of nitriles is 1. The smallest absolute Gasteiger partial charge is 0.124 e. The number of aromatic nitrogens is 1. The monoisotopic (exact) mass is 202 g/mol. The number of hydrogen-bond donors (Lipinski definition) is 0. The highest BCUT2D eigenvalue weighted by Gasteiger charge is 2.00. The third-order valence-corrected chi connectivity index (χ3v) is 2.22. The Morgan fingerprint density at radius 2 is 1.86 bits per heavy atom. The molecule has 0 unspecified atom stereocenters. The summed E-state index contributed by atoms with van der Waals surface area (Å²) >= 11 is 5.77. The van der Waals surface area contributed by atoms with E-state index in [9.17, 15) is 0 Å². The summed E-state index contributed by atoms with van der Waals surface area (Å²) in [6.45, 7) is 0. The summed E-state index contributed by atoms with van der Waals surface area (Å²) in [6, 6.07) is 13.1. The SMILES string of the molecule is N#Cc1cccn1-c1ccc(Cl)cc1. The summed E-state index contributed by atoms with van der Waals surface area (Å²) in [7, 11) is 0. The molecule has 0 N–H and O–H groups in total. The van der Waals surface area contributed by atoms with Crippen molar-refractivity contribution in [1.29, 1.82) is 5.26 Å². The Labute approximate surface area is 87.0 Å². The minimum Gasteiger partial charge on any atom is -0.308 e. The molecule has 2 rings (SSSR count). The Morgan fingerprint density at radius 3 is 2.50 bits per heavy atom. The van der Waals surface area contributed by atoms with Gasteiger partial charge in [-0.25, -0.2) is 0 Å². The standard InChI is InChI=1S/C11H7ClN2/c12-9-3-5-10(6-4-9)14-7-1-2-11(14)8-13/h1-7H. The predicted octanol–water partition coefficient (Wildman–Crippen LogP) is 3.00. The normalized spacial score (nSPS) is 9.71. The van der Waals surface area contributed by atoms with E-state index in [0.717, 1.165) is 5.69 Å². The van der Waals surface area contributed by atoms with Crippen LogP contribution in [-0.4, -0.2) is 4.57 Å². The van der Waals surface area contributed by atoms with E-state index in [1.807, 2.05) is 29.0 Å². The highest BCUT2D eigenvalue weighted by atomic mass is 35.5. The highest BCUT2D eigenvalue weighted by molar-refractivity contribution is 6.30. The molecule has 1 aromatic heterocycles. The molecule has 2 aromatic rings. The number of rotatable bonds is 1. The van der Waals surface area contributed by atoms with Gasteiger partial charge in [-0.1, -0.05) is 11.6 Å². The van der Waals surface area contributed by atoms with Gasteiger partial charge in [0, 0.05) is 16.9 Å². The van der Waals surface area contributed by atoms with Crippen LogP contribution in [0.2, 0.25) is 5.02 Å². The quantitative estimate of drug-likeness (QED) is 0.699. The summed E-state index contributed by atoms with van der Waals surface area (Å²) in [6.07, 6.45) is 1.85. The molecule has 0 radical (unpaired) electrons. The van der Waals surface area contributed by atoms with E-state index in [4.69, 9.17) is 16.9 Å². The lowest BCUT2D eigenvalue weighted by molar-refractivity contribution is 1.05. The average Bonchev–Trinajstić information content (AvgIpc) is 2.67. The van der Waals surface area contributed by atoms with E-state index in [2.05, 4.69) is 6.07 Å². The second kappa shape index (κ2) is 3.57. The first-order valence-electron chi connectivity index (χ1n) is 4.14. The maximum Gasteiger partial charge on any atom is 0.124 e. The number of hydrogen-bond acceptors (Lipinski definition) is 1. The molecule has 1 heterocycles. The summed E-state index contributed by atoms with van der Waals surface area (Å²) < 4.78 is 1.82. The first kappa shape index (κ1) is 8.86. The van der Waals surface area contributed by atoms with Gasteiger partial charge in [0.1, 0.15) is 11.8 Å². The van der Waals surface area contributed by atoms with Gasteiger partial charge in [0.2, 0.25) is 0 Å². The number of benzene rings is 1. The zero-order valence-corrected chi connectivity index (χ0v) is 8.07. The number of nitrogens with zero attached hydrogens (tertiary/aromatic N) is 2. The lowest BCUT2D eigenvalue weighted by Crippen LogP contribution is -1.94. The van der Waals surface area contributed by atoms with Gasteiger partial charge < -0.3 is 4.57 Å². The Balaban J connectivity index is 2.50. The van der Waals surface area contributed by atoms with Crippen molar-refractivity contribution in [1.82, 2.24) is 4.57 Å². The van der Waals surface area contributed by atoms with Crippen LogP contribution in [0.25, 0.3) is 5.69 Å². The second-order valence-electron chi connectivity index (χ2n) is 2.85. The van der Waals surface area contributed by atoms with Crippen LogP contribution in [-0.2, 0) is 0 Å². The molecule has 2 nitrogen and oxygen atoms in total. The van der Waals surface area contributed by atoms with Crippen molar-refractivity contribution < 1.29 is 0 Å². The Morgan fingerprint density at radius 1 is 1.14 bits per heavy atom. The molecule has 3 heteroatoms. The second-order valence-corrected chi connectivity index (χ2v) is 3.29. The third kappa shape index (κ3) is 1.50. The molecule has 0 aliphatic heterocycles. The lowest BCUT2D eigenvalue weighted by atomic mass is 10.3. The van der Waals surface area contributed by atoms with Crippen LogP contribution < -0.4 is 0 Å². The van der Waals surface area contributed by atoms with Gasteiger partial charge in [-0.15, -0.1) is 0 Å². The van der Waals surface area contributed by atoms with Crippen LogP contribution in [0.5, 0.6) is 0 Å². The fourth-order valence-corrected chi connectivity index (χ4v) is 1.42. The van der Waals surface area contributed by atoms with Crippen molar-refractivity contribution in [2.24, 2.45) is 0 Å². The zero-order valence-electron chi connectivity index (χ0n) is 7.31. The van der Waals surface area contributed by atoms with E-state index in [1.54, 1.807) is 18.2 Å². The van der Waals surface area contributed by atoms with Crippen molar-refractivity contribution in [3.05, 3.63) is 53.3 Å². The first-order valence-corrected chi connectivity index (χ1v) is 4.52. The van der Waals surface area contributed by atoms with E-state index >= 15 is 0 Å². The van der Waals surface area contributed by atoms with Crippen LogP contribution in [0.4, 0.5) is 0 Å². The summed E-state index contributed by atoms with van der Waals surface area (Å²) in [4.78, 5) is 0. The Bertz CT molecular complexity index is 477. The lowest BCUT2D eigenvalue weighted by Gasteiger charge is -2.03. The van der Waals surface area contributed by atoms with Gasteiger partial charge in [0.25, 0.3) is 0 Å². The van der Waals surface area contributed by atoms with Gasteiger partial charge in [-0.05, 0) is 36.4 Å². The van der Waals surface area contributed by atoms with E-state index in [0.29, 0.717) is 10.7 Å². The molecule has 0 aliphatic carbocycles. The number of halogens is 1. The van der Waals surface area contributed by atoms with Gasteiger partial charge in [-0.3, -0.25) is 0 Å². The van der Waals surface area contributed by atoms with Crippen LogP contribution >= 0.6 is 11.6 Å². The predicted molar refractivity (Wildman–Crippen MR) is 55.5 cm³/mol. The minimum atomic E-state index is 0.618. The molecule has 1 aromatic carbocycles. The van der Waals surface area contributed by atoms with Crippen molar-refractivity contribution in [3.8, 4) is 11.8 Å². The van der Waals surface area contributed by atoms with Gasteiger partial charge >= 0.3 is 0 Å². The highest BCUT2D eigenvalue weighted by Crippen LogP contribution is 2.15. The zero-order chi connectivity index (χ0) is 9.97. The molecule has 0 amide bonds. The molecule has 0 saturated heterocycles. The average molecular weight is 203 g/mol. The van der Waals surface area contributed by atoms with Crippen molar-refractivity contribution in [3.63, 3.8) is 0 Å². The largest absolute Gasteiger partial charge is 0.308 e. The Kier molecular flexibility index (Phi) is 2.26. The van der Waals surface area contributed by atoms with Crippen LogP contribution in [0.15, 0.2) is 42.6 Å². The van der Waals surface area contributed by atoms with Crippen LogP contribution in [0, 0.1) is 11.3 Å². The fourth-order valence-electron chi connectivity index (χ4n) is 1.30. The van der Waals surface area contributed by atoms with Crippen molar-refractivity contribution in [2.75, 3.05) is 0 Å². The van der Waals surface area contributed by atoms with E-state index in [1.165, 1.54) is 0 Å². The van der Waals surface area contributed by atoms with Crippen molar-refractivity contribution >= 4 is 11.6 Å². The van der Waals surface area contributed by atoms with Gasteiger partial charge in [0.05, 0.1) is 0 Å². The third-order valence-electron chi connectivity index (χ3n) is 1.97. The topological polar surface area (TPSA) is 28.7 Å². The maximum atomic E-state index is 8.83. The summed E-state index contributed by atoms with van der Waals surface area (Å²) in [5.41, 5.74) is 1.56. The van der Waals surface area contributed by atoms with Crippen LogP contribution in [0.3, 0.4) is 0 Å². The maximum absolute atomic E-state index is 8.83. The fraction of sp³-hybridized carbons (Fsp3) is 0. The molecule has 0 saturated carbocycles. The molecule has 0 atom stereocenters. The molecule has 0 fully saturated rings. The van der Waals surface area contributed by atoms with E-state index < -0.39 is 0 Å². The molecule has 68 valence electrons. The van der Waals surface area contributed by atoms with Crippen LogP contribution in [0.1, 0.15) is 5.69 Å². The molecule has 0 bridgehead atoms. The molecule has 0 spiro atoms. The van der Waals surface area contributed by atoms with E-state index in [-0.39, 0.29) is 0 Å². The first-order chi connectivity index (χ1) is 6.81.